The molecule has 1 aromatic heterocycles. The molecule has 0 fully saturated rings. The molecular weight excluding hydrogens is 598 g/mol. The van der Waals surface area contributed by atoms with Crippen molar-refractivity contribution in [2.45, 2.75) is 46.6 Å². The summed E-state index contributed by atoms with van der Waals surface area (Å²) in [6.45, 7) is 9.84. The van der Waals surface area contributed by atoms with Crippen molar-refractivity contribution < 1.29 is 19.1 Å². The van der Waals surface area contributed by atoms with Crippen molar-refractivity contribution in [3.05, 3.63) is 88.5 Å². The number of amides is 3. The predicted molar refractivity (Wildman–Crippen MR) is 180 cm³/mol. The van der Waals surface area contributed by atoms with Gasteiger partial charge in [0.25, 0.3) is 11.8 Å². The van der Waals surface area contributed by atoms with Gasteiger partial charge in [-0.1, -0.05) is 54.9 Å². The van der Waals surface area contributed by atoms with Crippen LogP contribution in [0.25, 0.3) is 11.3 Å². The minimum Gasteiger partial charge on any atom is -0.444 e. The topological polar surface area (TPSA) is 114 Å². The molecule has 0 unspecified atom stereocenters. The maximum absolute atomic E-state index is 13.3. The summed E-state index contributed by atoms with van der Waals surface area (Å²) >= 11 is 7.79. The number of alkyl carbamates (subject to hydrolysis) is 1. The van der Waals surface area contributed by atoms with Crippen LogP contribution in [0.2, 0.25) is 5.02 Å². The Morgan fingerprint density at radius 1 is 1.07 bits per heavy atom. The summed E-state index contributed by atoms with van der Waals surface area (Å²) < 4.78 is 6.85. The van der Waals surface area contributed by atoms with Gasteiger partial charge < -0.3 is 20.7 Å². The van der Waals surface area contributed by atoms with E-state index in [-0.39, 0.29) is 11.8 Å². The summed E-state index contributed by atoms with van der Waals surface area (Å²) in [7, 11) is 1.75. The van der Waals surface area contributed by atoms with Crippen LogP contribution in [0.5, 0.6) is 0 Å². The number of hydrogen-bond donors (Lipinski definition) is 3. The van der Waals surface area contributed by atoms with Crippen LogP contribution < -0.4 is 16.0 Å². The number of ether oxygens (including phenoxy) is 1. The first kappa shape index (κ1) is 34.5. The number of allylic oxidation sites excluding steroid dienone is 2. The predicted octanol–water partition coefficient (Wildman–Crippen LogP) is 7.47. The van der Waals surface area contributed by atoms with Crippen LogP contribution in [0.4, 0.5) is 16.3 Å². The lowest BCUT2D eigenvalue weighted by atomic mass is 10.0. The maximum Gasteiger partial charge on any atom is 0.407 e. The van der Waals surface area contributed by atoms with Gasteiger partial charge in [0, 0.05) is 48.0 Å². The normalized spacial score (nSPS) is 12.1. The Balaban J connectivity index is 1.59. The molecule has 0 saturated carbocycles. The molecule has 44 heavy (non-hydrogen) atoms. The molecule has 3 rings (SSSR count). The van der Waals surface area contributed by atoms with Crippen LogP contribution in [-0.2, 0) is 16.6 Å². The zero-order valence-corrected chi connectivity index (χ0v) is 27.6. The van der Waals surface area contributed by atoms with Crippen molar-refractivity contribution in [3.63, 3.8) is 0 Å². The smallest absolute Gasteiger partial charge is 0.407 e. The number of halogens is 1. The van der Waals surface area contributed by atoms with E-state index in [1.807, 2.05) is 71.0 Å². The van der Waals surface area contributed by atoms with E-state index in [1.54, 1.807) is 53.8 Å². The quantitative estimate of drug-likeness (QED) is 0.108. The molecule has 3 N–H and O–H groups in total. The lowest BCUT2D eigenvalue weighted by Crippen LogP contribution is -2.33. The number of benzene rings is 2. The Bertz CT molecular complexity index is 1520. The minimum absolute atomic E-state index is 0.192. The first-order valence-electron chi connectivity index (χ1n) is 14.3. The van der Waals surface area contributed by atoms with Crippen LogP contribution >= 0.6 is 23.4 Å². The van der Waals surface area contributed by atoms with Gasteiger partial charge in [0.05, 0.1) is 16.3 Å². The van der Waals surface area contributed by atoms with E-state index in [0.29, 0.717) is 57.8 Å². The molecular formula is C33H40ClN5O4S. The molecule has 9 nitrogen and oxygen atoms in total. The van der Waals surface area contributed by atoms with Gasteiger partial charge in [0.15, 0.2) is 0 Å². The van der Waals surface area contributed by atoms with E-state index in [1.165, 1.54) is 0 Å². The Morgan fingerprint density at radius 3 is 2.41 bits per heavy atom. The van der Waals surface area contributed by atoms with Gasteiger partial charge in [-0.25, -0.2) is 4.79 Å². The number of nitrogens with one attached hydrogen (secondary N) is 3. The summed E-state index contributed by atoms with van der Waals surface area (Å²) in [6.07, 6.45) is 4.14. The molecule has 0 aliphatic rings. The SMILES string of the molecule is C/C=C(CSCCNC(=O)OC(C)(C)C)\C(=C/CC)C(=O)Nc1ccc(-c2cc(NC(=O)c3ccccc3Cl)n(C)n2)cc1. The van der Waals surface area contributed by atoms with Crippen molar-refractivity contribution in [2.24, 2.45) is 7.05 Å². The highest BCUT2D eigenvalue weighted by atomic mass is 35.5. The summed E-state index contributed by atoms with van der Waals surface area (Å²) in [4.78, 5) is 37.8. The van der Waals surface area contributed by atoms with E-state index in [4.69, 9.17) is 16.3 Å². The number of aromatic nitrogens is 2. The van der Waals surface area contributed by atoms with Crippen LogP contribution in [0.3, 0.4) is 0 Å². The van der Waals surface area contributed by atoms with Gasteiger partial charge in [-0.2, -0.15) is 16.9 Å². The second-order valence-electron chi connectivity index (χ2n) is 10.8. The molecule has 0 atom stereocenters. The number of carbonyl (C=O) groups excluding carboxylic acids is 3. The highest BCUT2D eigenvalue weighted by Crippen LogP contribution is 2.25. The lowest BCUT2D eigenvalue weighted by Gasteiger charge is -2.19. The number of hydrogen-bond acceptors (Lipinski definition) is 6. The van der Waals surface area contributed by atoms with Crippen molar-refractivity contribution in [1.29, 1.82) is 0 Å². The Labute approximate surface area is 268 Å². The van der Waals surface area contributed by atoms with E-state index in [9.17, 15) is 14.4 Å². The van der Waals surface area contributed by atoms with Crippen molar-refractivity contribution >= 4 is 52.8 Å². The maximum atomic E-state index is 13.3. The van der Waals surface area contributed by atoms with Crippen molar-refractivity contribution in [2.75, 3.05) is 28.7 Å². The second kappa shape index (κ2) is 16.2. The number of rotatable bonds is 12. The molecule has 3 amide bonds. The zero-order chi connectivity index (χ0) is 32.3. The fourth-order valence-corrected chi connectivity index (χ4v) is 5.24. The Kier molecular flexibility index (Phi) is 12.7. The summed E-state index contributed by atoms with van der Waals surface area (Å²) in [5, 5.41) is 13.5. The fourth-order valence-electron chi connectivity index (χ4n) is 4.09. The van der Waals surface area contributed by atoms with Crippen molar-refractivity contribution in [1.82, 2.24) is 15.1 Å². The summed E-state index contributed by atoms with van der Waals surface area (Å²) in [6, 6.07) is 16.0. The average Bonchev–Trinajstić information content (AvgIpc) is 3.33. The van der Waals surface area contributed by atoms with Crippen LogP contribution in [0.15, 0.2) is 77.9 Å². The van der Waals surface area contributed by atoms with Gasteiger partial charge in [-0.3, -0.25) is 14.3 Å². The molecule has 0 aliphatic carbocycles. The van der Waals surface area contributed by atoms with Gasteiger partial charge in [0.2, 0.25) is 0 Å². The first-order valence-corrected chi connectivity index (χ1v) is 15.9. The van der Waals surface area contributed by atoms with Gasteiger partial charge in [-0.15, -0.1) is 0 Å². The number of aryl methyl sites for hydroxylation is 1. The molecule has 1 heterocycles. The molecule has 11 heteroatoms. The average molecular weight is 638 g/mol. The van der Waals surface area contributed by atoms with Gasteiger partial charge >= 0.3 is 6.09 Å². The van der Waals surface area contributed by atoms with Gasteiger partial charge in [-0.05, 0) is 64.0 Å². The van der Waals surface area contributed by atoms with E-state index >= 15 is 0 Å². The summed E-state index contributed by atoms with van der Waals surface area (Å²) in [5.74, 6) is 1.31. The Hall–Kier alpha value is -4.02. The third kappa shape index (κ3) is 10.3. The number of anilines is 2. The molecule has 3 aromatic rings. The lowest BCUT2D eigenvalue weighted by molar-refractivity contribution is -0.112. The standard InChI is InChI=1S/C33H40ClN5O4S/c1-7-11-25(22(8-2)21-44-19-18-35-32(42)43-33(3,4)5)30(40)36-24-16-14-23(15-17-24)28-20-29(39(6)38-28)37-31(41)26-12-9-10-13-27(26)34/h8-17,20H,7,18-19,21H2,1-6H3,(H,35,42)(H,36,40)(H,37,41)/b22-8-,25-11+. The molecule has 2 aromatic carbocycles. The number of thioether (sulfide) groups is 1. The van der Waals surface area contributed by atoms with E-state index in [2.05, 4.69) is 21.0 Å². The largest absolute Gasteiger partial charge is 0.444 e. The monoisotopic (exact) mass is 637 g/mol. The van der Waals surface area contributed by atoms with Crippen LogP contribution in [-0.4, -0.2) is 51.3 Å². The third-order valence-electron chi connectivity index (χ3n) is 6.20. The second-order valence-corrected chi connectivity index (χ2v) is 12.3. The summed E-state index contributed by atoms with van der Waals surface area (Å²) in [5.41, 5.74) is 3.52. The highest BCUT2D eigenvalue weighted by Gasteiger charge is 2.17. The van der Waals surface area contributed by atoms with Crippen LogP contribution in [0, 0.1) is 0 Å². The highest BCUT2D eigenvalue weighted by molar-refractivity contribution is 7.99. The first-order chi connectivity index (χ1) is 20.9. The van der Waals surface area contributed by atoms with Gasteiger partial charge in [0.1, 0.15) is 11.4 Å². The fraction of sp³-hybridized carbons (Fsp3) is 0.333. The molecule has 0 spiro atoms. The molecule has 0 bridgehead atoms. The minimum atomic E-state index is -0.539. The zero-order valence-electron chi connectivity index (χ0n) is 26.0. The molecule has 234 valence electrons. The van der Waals surface area contributed by atoms with E-state index < -0.39 is 11.7 Å². The molecule has 0 aliphatic heterocycles. The Morgan fingerprint density at radius 2 is 1.77 bits per heavy atom. The molecule has 0 saturated heterocycles. The molecule has 0 radical (unpaired) electrons. The number of nitrogens with zero attached hydrogens (tertiary/aromatic N) is 2. The van der Waals surface area contributed by atoms with Crippen molar-refractivity contribution in [3.8, 4) is 11.3 Å². The third-order valence-corrected chi connectivity index (χ3v) is 7.54. The van der Waals surface area contributed by atoms with E-state index in [0.717, 1.165) is 11.1 Å². The van der Waals surface area contributed by atoms with Crippen LogP contribution in [0.1, 0.15) is 51.4 Å². The number of carbonyl (C=O) groups is 3.